The molecule has 2 heterocycles. The van der Waals surface area contributed by atoms with Gasteiger partial charge in [0.05, 0.1) is 23.9 Å². The van der Waals surface area contributed by atoms with Crippen LogP contribution in [0.15, 0.2) is 28.7 Å². The van der Waals surface area contributed by atoms with Crippen molar-refractivity contribution in [3.05, 3.63) is 52.7 Å². The lowest BCUT2D eigenvalue weighted by atomic mass is 9.97. The maximum Gasteiger partial charge on any atom is 0.416 e. The van der Waals surface area contributed by atoms with Gasteiger partial charge in [0, 0.05) is 12.6 Å². The molecule has 1 aromatic carbocycles. The molecule has 0 amide bonds. The number of halogens is 3. The van der Waals surface area contributed by atoms with Crippen LogP contribution in [-0.4, -0.2) is 27.6 Å². The van der Waals surface area contributed by atoms with Gasteiger partial charge in [0.2, 0.25) is 5.89 Å². The topological polar surface area (TPSA) is 49.5 Å². The molecule has 0 radical (unpaired) electrons. The summed E-state index contributed by atoms with van der Waals surface area (Å²) in [6, 6.07) is 5.00. The highest BCUT2D eigenvalue weighted by Crippen LogP contribution is 2.40. The molecule has 2 aromatic rings. The Morgan fingerprint density at radius 1 is 1.29 bits per heavy atom. The van der Waals surface area contributed by atoms with E-state index in [1.54, 1.807) is 17.9 Å². The first-order valence-corrected chi connectivity index (χ1v) is 7.77. The third kappa shape index (κ3) is 3.32. The van der Waals surface area contributed by atoms with E-state index in [0.29, 0.717) is 11.7 Å². The van der Waals surface area contributed by atoms with E-state index in [1.165, 1.54) is 12.1 Å². The zero-order valence-electron chi connectivity index (χ0n) is 13.5. The van der Waals surface area contributed by atoms with E-state index in [2.05, 4.69) is 4.98 Å². The van der Waals surface area contributed by atoms with Gasteiger partial charge in [-0.25, -0.2) is 4.98 Å². The second-order valence-electron chi connectivity index (χ2n) is 6.17. The Hall–Kier alpha value is -1.86. The molecule has 2 atom stereocenters. The summed E-state index contributed by atoms with van der Waals surface area (Å²) < 4.78 is 45.4. The number of hydrogen-bond acceptors (Lipinski definition) is 4. The lowest BCUT2D eigenvalue weighted by Crippen LogP contribution is -2.26. The molecule has 4 nitrogen and oxygen atoms in total. The van der Waals surface area contributed by atoms with Crippen LogP contribution in [0, 0.1) is 13.8 Å². The molecule has 3 rings (SSSR count). The molecule has 1 N–H and O–H groups in total. The van der Waals surface area contributed by atoms with Crippen molar-refractivity contribution in [1.82, 2.24) is 9.88 Å². The van der Waals surface area contributed by atoms with Gasteiger partial charge in [0.25, 0.3) is 0 Å². The minimum atomic E-state index is -4.42. The fraction of sp³-hybridized carbons (Fsp3) is 0.471. The number of aromatic nitrogens is 1. The van der Waals surface area contributed by atoms with Gasteiger partial charge >= 0.3 is 6.18 Å². The summed E-state index contributed by atoms with van der Waals surface area (Å²) in [7, 11) is 0. The Balaban J connectivity index is 1.91. The van der Waals surface area contributed by atoms with Gasteiger partial charge in [-0.2, -0.15) is 13.2 Å². The summed E-state index contributed by atoms with van der Waals surface area (Å²) >= 11 is 0. The maximum absolute atomic E-state index is 13.3. The Kier molecular flexibility index (Phi) is 4.40. The van der Waals surface area contributed by atoms with Crippen molar-refractivity contribution in [2.24, 2.45) is 0 Å². The molecule has 7 heteroatoms. The summed E-state index contributed by atoms with van der Waals surface area (Å²) in [6.45, 7) is 4.17. The van der Waals surface area contributed by atoms with Crippen LogP contribution < -0.4 is 0 Å². The SMILES string of the molecule is Cc1nc(CN2C[C@@H](O)C[C@H]2c2ccccc2C(F)(F)F)oc1C. The van der Waals surface area contributed by atoms with Crippen molar-refractivity contribution >= 4 is 0 Å². The molecular formula is C17H19F3N2O2. The van der Waals surface area contributed by atoms with Crippen molar-refractivity contribution in [3.8, 4) is 0 Å². The number of nitrogens with zero attached hydrogens (tertiary/aromatic N) is 2. The molecule has 1 aliphatic heterocycles. The van der Waals surface area contributed by atoms with E-state index in [0.717, 1.165) is 11.8 Å². The van der Waals surface area contributed by atoms with E-state index in [4.69, 9.17) is 4.42 Å². The molecular weight excluding hydrogens is 321 g/mol. The van der Waals surface area contributed by atoms with Gasteiger partial charge in [0.15, 0.2) is 0 Å². The van der Waals surface area contributed by atoms with Gasteiger partial charge in [-0.3, -0.25) is 4.90 Å². The Bertz CT molecular complexity index is 707. The van der Waals surface area contributed by atoms with Crippen molar-refractivity contribution in [2.75, 3.05) is 6.54 Å². The number of β-amino-alcohol motifs (C(OH)–C–C–N with tert-alkyl or cyclic N) is 1. The molecule has 0 aliphatic carbocycles. The fourth-order valence-electron chi connectivity index (χ4n) is 3.20. The van der Waals surface area contributed by atoms with Gasteiger partial charge in [-0.1, -0.05) is 18.2 Å². The molecule has 0 saturated carbocycles. The van der Waals surface area contributed by atoms with Crippen LogP contribution in [0.4, 0.5) is 13.2 Å². The number of aliphatic hydroxyl groups is 1. The highest BCUT2D eigenvalue weighted by atomic mass is 19.4. The van der Waals surface area contributed by atoms with E-state index in [-0.39, 0.29) is 25.1 Å². The van der Waals surface area contributed by atoms with E-state index < -0.39 is 23.9 Å². The standard InChI is InChI=1S/C17H19F3N2O2/c1-10-11(2)24-16(21-10)9-22-8-12(23)7-15(22)13-5-3-4-6-14(13)17(18,19)20/h3-6,12,15,23H,7-9H2,1-2H3/t12-,15-/m0/s1. The molecule has 24 heavy (non-hydrogen) atoms. The Morgan fingerprint density at radius 2 is 2.00 bits per heavy atom. The quantitative estimate of drug-likeness (QED) is 0.927. The van der Waals surface area contributed by atoms with Crippen LogP contribution in [0.3, 0.4) is 0 Å². The minimum absolute atomic E-state index is 0.182. The lowest BCUT2D eigenvalue weighted by molar-refractivity contribution is -0.138. The van der Waals surface area contributed by atoms with Crippen LogP contribution in [0.5, 0.6) is 0 Å². The predicted molar refractivity (Wildman–Crippen MR) is 81.2 cm³/mol. The van der Waals surface area contributed by atoms with Gasteiger partial charge < -0.3 is 9.52 Å². The second kappa shape index (κ2) is 6.22. The van der Waals surface area contributed by atoms with Crippen LogP contribution in [0.2, 0.25) is 0 Å². The third-order valence-corrected chi connectivity index (χ3v) is 4.42. The lowest BCUT2D eigenvalue weighted by Gasteiger charge is -2.25. The zero-order chi connectivity index (χ0) is 17.5. The molecule has 0 bridgehead atoms. The van der Waals surface area contributed by atoms with Crippen LogP contribution in [0.25, 0.3) is 0 Å². The molecule has 1 aromatic heterocycles. The highest BCUT2D eigenvalue weighted by molar-refractivity contribution is 5.33. The van der Waals surface area contributed by atoms with Crippen LogP contribution in [0.1, 0.15) is 40.9 Å². The number of benzene rings is 1. The monoisotopic (exact) mass is 340 g/mol. The zero-order valence-corrected chi connectivity index (χ0v) is 13.5. The first-order valence-electron chi connectivity index (χ1n) is 7.77. The van der Waals surface area contributed by atoms with Crippen LogP contribution >= 0.6 is 0 Å². The summed E-state index contributed by atoms with van der Waals surface area (Å²) in [6.07, 6.45) is -4.84. The highest BCUT2D eigenvalue weighted by Gasteiger charge is 2.40. The fourth-order valence-corrected chi connectivity index (χ4v) is 3.20. The number of rotatable bonds is 3. The summed E-state index contributed by atoms with van der Waals surface area (Å²) in [4.78, 5) is 6.08. The molecule has 130 valence electrons. The van der Waals surface area contributed by atoms with Crippen molar-refractivity contribution in [1.29, 1.82) is 0 Å². The first kappa shape index (κ1) is 17.0. The maximum atomic E-state index is 13.3. The molecule has 0 spiro atoms. The molecule has 1 aliphatic rings. The van der Waals surface area contributed by atoms with Gasteiger partial charge in [-0.15, -0.1) is 0 Å². The van der Waals surface area contributed by atoms with Gasteiger partial charge in [0.1, 0.15) is 5.76 Å². The first-order chi connectivity index (χ1) is 11.3. The largest absolute Gasteiger partial charge is 0.444 e. The molecule has 0 unspecified atom stereocenters. The van der Waals surface area contributed by atoms with E-state index in [1.807, 2.05) is 6.92 Å². The van der Waals surface area contributed by atoms with Crippen molar-refractivity contribution in [2.45, 2.75) is 45.1 Å². The predicted octanol–water partition coefficient (Wildman–Crippen LogP) is 3.62. The summed E-state index contributed by atoms with van der Waals surface area (Å²) in [5.41, 5.74) is 0.285. The third-order valence-electron chi connectivity index (χ3n) is 4.42. The van der Waals surface area contributed by atoms with E-state index >= 15 is 0 Å². The van der Waals surface area contributed by atoms with Crippen LogP contribution in [-0.2, 0) is 12.7 Å². The Morgan fingerprint density at radius 3 is 2.62 bits per heavy atom. The minimum Gasteiger partial charge on any atom is -0.444 e. The van der Waals surface area contributed by atoms with Crippen molar-refractivity contribution < 1.29 is 22.7 Å². The normalized spacial score (nSPS) is 22.2. The summed E-state index contributed by atoms with van der Waals surface area (Å²) in [5, 5.41) is 9.99. The van der Waals surface area contributed by atoms with E-state index in [9.17, 15) is 18.3 Å². The number of oxazole rings is 1. The average molecular weight is 340 g/mol. The second-order valence-corrected chi connectivity index (χ2v) is 6.17. The number of aryl methyl sites for hydroxylation is 2. The number of alkyl halides is 3. The number of hydrogen-bond donors (Lipinski definition) is 1. The van der Waals surface area contributed by atoms with Gasteiger partial charge in [-0.05, 0) is 31.9 Å². The molecule has 1 saturated heterocycles. The number of likely N-dealkylation sites (tertiary alicyclic amines) is 1. The van der Waals surface area contributed by atoms with Crippen molar-refractivity contribution in [3.63, 3.8) is 0 Å². The molecule has 1 fully saturated rings. The smallest absolute Gasteiger partial charge is 0.416 e. The average Bonchev–Trinajstić information content (AvgIpc) is 3.01. The Labute approximate surface area is 137 Å². The number of aliphatic hydroxyl groups excluding tert-OH is 1. The summed E-state index contributed by atoms with van der Waals surface area (Å²) in [5.74, 6) is 1.14.